The smallest absolute Gasteiger partial charge is 0.260 e. The van der Waals surface area contributed by atoms with Crippen LogP contribution < -0.4 is 4.90 Å². The molecule has 0 N–H and O–H groups in total. The van der Waals surface area contributed by atoms with Crippen LogP contribution in [0.15, 0.2) is 48.7 Å². The Morgan fingerprint density at radius 1 is 1.16 bits per heavy atom. The van der Waals surface area contributed by atoms with Gasteiger partial charge < -0.3 is 4.90 Å². The van der Waals surface area contributed by atoms with Gasteiger partial charge in [-0.05, 0) is 49.7 Å². The second kappa shape index (κ2) is 6.73. The van der Waals surface area contributed by atoms with Crippen molar-refractivity contribution in [3.8, 4) is 0 Å². The van der Waals surface area contributed by atoms with Gasteiger partial charge in [0.15, 0.2) is 0 Å². The predicted octanol–water partition coefficient (Wildman–Crippen LogP) is 4.93. The molecule has 2 aromatic carbocycles. The molecule has 3 aromatic rings. The van der Waals surface area contributed by atoms with E-state index in [-0.39, 0.29) is 11.8 Å². The van der Waals surface area contributed by atoms with Gasteiger partial charge in [0.25, 0.3) is 5.91 Å². The lowest BCUT2D eigenvalue weighted by molar-refractivity contribution is 0.0941. The van der Waals surface area contributed by atoms with E-state index in [4.69, 9.17) is 11.6 Å². The number of aromatic nitrogens is 1. The highest BCUT2D eigenvalue weighted by Gasteiger charge is 2.22. The van der Waals surface area contributed by atoms with E-state index in [2.05, 4.69) is 0 Å². The Morgan fingerprint density at radius 3 is 2.56 bits per heavy atom. The lowest BCUT2D eigenvalue weighted by Gasteiger charge is -2.21. The molecule has 0 atom stereocenters. The summed E-state index contributed by atoms with van der Waals surface area (Å²) in [5.74, 6) is -0.301. The number of aryl methyl sites for hydroxylation is 1. The summed E-state index contributed by atoms with van der Waals surface area (Å²) in [6.45, 7) is 5.91. The van der Waals surface area contributed by atoms with Crippen molar-refractivity contribution in [1.29, 1.82) is 0 Å². The first-order chi connectivity index (χ1) is 11.9. The third kappa shape index (κ3) is 3.17. The maximum Gasteiger partial charge on any atom is 0.260 e. The van der Waals surface area contributed by atoms with Crippen molar-refractivity contribution in [3.63, 3.8) is 0 Å². The van der Waals surface area contributed by atoms with E-state index in [0.29, 0.717) is 28.0 Å². The van der Waals surface area contributed by atoms with Gasteiger partial charge in [-0.25, -0.2) is 0 Å². The fourth-order valence-electron chi connectivity index (χ4n) is 3.02. The van der Waals surface area contributed by atoms with Crippen molar-refractivity contribution >= 4 is 40.0 Å². The molecular formula is C20H19ClN2O2. The highest BCUT2D eigenvalue weighted by Crippen LogP contribution is 2.28. The van der Waals surface area contributed by atoms with Gasteiger partial charge in [-0.2, -0.15) is 0 Å². The molecule has 1 aromatic heterocycles. The summed E-state index contributed by atoms with van der Waals surface area (Å²) in [5.41, 5.74) is 3.06. The lowest BCUT2D eigenvalue weighted by Crippen LogP contribution is -2.30. The number of amides is 1. The molecule has 128 valence electrons. The first kappa shape index (κ1) is 17.2. The van der Waals surface area contributed by atoms with Crippen LogP contribution in [-0.4, -0.2) is 22.9 Å². The minimum atomic E-state index is -0.152. The largest absolute Gasteiger partial charge is 0.309 e. The fraction of sp³-hybridized carbons (Fsp3) is 0.200. The first-order valence-corrected chi connectivity index (χ1v) is 8.50. The van der Waals surface area contributed by atoms with Gasteiger partial charge in [-0.3, -0.25) is 14.2 Å². The van der Waals surface area contributed by atoms with E-state index in [0.717, 1.165) is 11.3 Å². The second-order valence-corrected chi connectivity index (χ2v) is 6.42. The van der Waals surface area contributed by atoms with Crippen LogP contribution in [0.5, 0.6) is 0 Å². The minimum absolute atomic E-state index is 0.148. The number of rotatable bonds is 3. The van der Waals surface area contributed by atoms with Gasteiger partial charge in [0, 0.05) is 35.8 Å². The predicted molar refractivity (Wildman–Crippen MR) is 102 cm³/mol. The van der Waals surface area contributed by atoms with E-state index < -0.39 is 0 Å². The molecule has 0 fully saturated rings. The summed E-state index contributed by atoms with van der Waals surface area (Å²) in [6, 6.07) is 13.0. The Labute approximate surface area is 151 Å². The van der Waals surface area contributed by atoms with E-state index in [1.165, 1.54) is 11.5 Å². The zero-order valence-electron chi connectivity index (χ0n) is 14.4. The number of hydrogen-bond acceptors (Lipinski definition) is 2. The average molecular weight is 355 g/mol. The number of anilines is 1. The van der Waals surface area contributed by atoms with Crippen molar-refractivity contribution in [2.75, 3.05) is 11.4 Å². The van der Waals surface area contributed by atoms with Crippen LogP contribution in [0.1, 0.15) is 34.6 Å². The average Bonchev–Trinajstić information content (AvgIpc) is 2.94. The molecule has 3 rings (SSSR count). The summed E-state index contributed by atoms with van der Waals surface area (Å²) < 4.78 is 1.49. The quantitative estimate of drug-likeness (QED) is 0.669. The Morgan fingerprint density at radius 2 is 1.92 bits per heavy atom. The number of fused-ring (bicyclic) bond motifs is 1. The molecule has 0 saturated heterocycles. The molecule has 0 saturated carbocycles. The number of hydrogen-bond donors (Lipinski definition) is 0. The number of halogens is 1. The molecule has 5 heteroatoms. The molecule has 25 heavy (non-hydrogen) atoms. The third-order valence-corrected chi connectivity index (χ3v) is 4.45. The molecular weight excluding hydrogens is 336 g/mol. The van der Waals surface area contributed by atoms with Gasteiger partial charge in [0.05, 0.1) is 11.1 Å². The van der Waals surface area contributed by atoms with Gasteiger partial charge >= 0.3 is 0 Å². The monoisotopic (exact) mass is 354 g/mol. The van der Waals surface area contributed by atoms with Crippen LogP contribution in [0.2, 0.25) is 5.02 Å². The van der Waals surface area contributed by atoms with Crippen molar-refractivity contribution in [1.82, 2.24) is 4.57 Å². The maximum absolute atomic E-state index is 13.2. The highest BCUT2D eigenvalue weighted by atomic mass is 35.5. The van der Waals surface area contributed by atoms with E-state index in [1.807, 2.05) is 38.1 Å². The first-order valence-electron chi connectivity index (χ1n) is 8.12. The van der Waals surface area contributed by atoms with Crippen molar-refractivity contribution in [2.24, 2.45) is 0 Å². The molecule has 0 unspecified atom stereocenters. The zero-order valence-corrected chi connectivity index (χ0v) is 15.2. The summed E-state index contributed by atoms with van der Waals surface area (Å²) in [7, 11) is 0. The second-order valence-electron chi connectivity index (χ2n) is 5.98. The summed E-state index contributed by atoms with van der Waals surface area (Å²) >= 11 is 6.12. The SMILES string of the molecule is CCN(C(=O)c1cn(C(C)=O)c2ccc(Cl)cc12)c1cccc(C)c1. The summed E-state index contributed by atoms with van der Waals surface area (Å²) in [4.78, 5) is 26.8. The van der Waals surface area contributed by atoms with Crippen LogP contribution in [0.25, 0.3) is 10.9 Å². The van der Waals surface area contributed by atoms with Gasteiger partial charge in [0.1, 0.15) is 0 Å². The molecule has 0 radical (unpaired) electrons. The Balaban J connectivity index is 2.15. The Hall–Kier alpha value is -2.59. The van der Waals surface area contributed by atoms with Crippen molar-refractivity contribution < 1.29 is 9.59 Å². The normalized spacial score (nSPS) is 10.9. The summed E-state index contributed by atoms with van der Waals surface area (Å²) in [6.07, 6.45) is 1.60. The van der Waals surface area contributed by atoms with Crippen molar-refractivity contribution in [3.05, 3.63) is 64.8 Å². The molecule has 0 bridgehead atoms. The fourth-order valence-corrected chi connectivity index (χ4v) is 3.19. The van der Waals surface area contributed by atoms with Crippen LogP contribution in [0.3, 0.4) is 0 Å². The molecule has 0 aliphatic heterocycles. The van der Waals surface area contributed by atoms with Crippen LogP contribution in [0.4, 0.5) is 5.69 Å². The van der Waals surface area contributed by atoms with E-state index in [1.54, 1.807) is 29.3 Å². The Kier molecular flexibility index (Phi) is 4.64. The molecule has 0 aliphatic carbocycles. The number of benzene rings is 2. The number of carbonyl (C=O) groups excluding carboxylic acids is 2. The maximum atomic E-state index is 13.2. The standard InChI is InChI=1S/C20H19ClN2O2/c1-4-22(16-7-5-6-13(2)10-16)20(25)18-12-23(14(3)24)19-9-8-15(21)11-17(18)19/h5-12H,4H2,1-3H3. The number of nitrogens with zero attached hydrogens (tertiary/aromatic N) is 2. The minimum Gasteiger partial charge on any atom is -0.309 e. The molecule has 1 heterocycles. The topological polar surface area (TPSA) is 42.3 Å². The summed E-state index contributed by atoms with van der Waals surface area (Å²) in [5, 5.41) is 1.21. The van der Waals surface area contributed by atoms with Crippen LogP contribution >= 0.6 is 11.6 Å². The molecule has 0 aliphatic rings. The molecule has 0 spiro atoms. The van der Waals surface area contributed by atoms with E-state index in [9.17, 15) is 9.59 Å². The third-order valence-electron chi connectivity index (χ3n) is 4.21. The van der Waals surface area contributed by atoms with Crippen LogP contribution in [0, 0.1) is 6.92 Å². The van der Waals surface area contributed by atoms with Gasteiger partial charge in [-0.15, -0.1) is 0 Å². The zero-order chi connectivity index (χ0) is 18.1. The lowest BCUT2D eigenvalue weighted by atomic mass is 10.1. The Bertz CT molecular complexity index is 975. The van der Waals surface area contributed by atoms with Gasteiger partial charge in [-0.1, -0.05) is 23.7 Å². The highest BCUT2D eigenvalue weighted by molar-refractivity contribution is 6.31. The van der Waals surface area contributed by atoms with Gasteiger partial charge in [0.2, 0.25) is 5.91 Å². The number of carbonyl (C=O) groups is 2. The van der Waals surface area contributed by atoms with E-state index >= 15 is 0 Å². The molecule has 1 amide bonds. The van der Waals surface area contributed by atoms with Crippen LogP contribution in [-0.2, 0) is 0 Å². The molecule has 4 nitrogen and oxygen atoms in total. The van der Waals surface area contributed by atoms with Crippen molar-refractivity contribution in [2.45, 2.75) is 20.8 Å².